The van der Waals surface area contributed by atoms with Gasteiger partial charge in [0.15, 0.2) is 0 Å². The quantitative estimate of drug-likeness (QED) is 0.479. The number of phenols is 2. The summed E-state index contributed by atoms with van der Waals surface area (Å²) in [6, 6.07) is 7.83. The second-order valence-electron chi connectivity index (χ2n) is 14.5. The summed E-state index contributed by atoms with van der Waals surface area (Å²) >= 11 is 0. The molecule has 2 nitrogen and oxygen atoms in total. The Hall–Kier alpha value is -1.96. The molecule has 0 bridgehead atoms. The number of rotatable bonds is 2. The summed E-state index contributed by atoms with van der Waals surface area (Å²) in [7, 11) is 0. The van der Waals surface area contributed by atoms with Crippen molar-refractivity contribution in [1.82, 2.24) is 0 Å². The molecule has 0 aliphatic heterocycles. The molecular formula is C31H48O2. The maximum Gasteiger partial charge on any atom is 0.116 e. The predicted octanol–water partition coefficient (Wildman–Crippen LogP) is 8.61. The zero-order valence-electron chi connectivity index (χ0n) is 23.7. The minimum absolute atomic E-state index is 0.147. The Morgan fingerprint density at radius 3 is 0.727 bits per heavy atom. The highest BCUT2D eigenvalue weighted by atomic mass is 16.3. The van der Waals surface area contributed by atoms with Crippen LogP contribution in [0.5, 0.6) is 11.5 Å². The van der Waals surface area contributed by atoms with Gasteiger partial charge in [0.05, 0.1) is 0 Å². The van der Waals surface area contributed by atoms with Crippen molar-refractivity contribution in [2.24, 2.45) is 0 Å². The monoisotopic (exact) mass is 452 g/mol. The van der Waals surface area contributed by atoms with E-state index in [1.165, 1.54) is 33.4 Å². The van der Waals surface area contributed by atoms with Gasteiger partial charge in [-0.2, -0.15) is 0 Å². The molecule has 0 saturated heterocycles. The van der Waals surface area contributed by atoms with Crippen LogP contribution in [0.3, 0.4) is 0 Å². The van der Waals surface area contributed by atoms with Gasteiger partial charge >= 0.3 is 0 Å². The van der Waals surface area contributed by atoms with E-state index in [1.807, 2.05) is 24.3 Å². The first-order valence-corrected chi connectivity index (χ1v) is 12.3. The van der Waals surface area contributed by atoms with Crippen molar-refractivity contribution in [2.75, 3.05) is 0 Å². The van der Waals surface area contributed by atoms with Crippen LogP contribution in [0.2, 0.25) is 0 Å². The molecule has 0 amide bonds. The molecule has 0 aromatic heterocycles. The van der Waals surface area contributed by atoms with Gasteiger partial charge in [-0.15, -0.1) is 0 Å². The van der Waals surface area contributed by atoms with Gasteiger partial charge in [-0.25, -0.2) is 0 Å². The number of benzene rings is 2. The molecule has 0 unspecified atom stereocenters. The molecule has 2 heteroatoms. The van der Waals surface area contributed by atoms with Crippen LogP contribution in [0.4, 0.5) is 0 Å². The highest BCUT2D eigenvalue weighted by Crippen LogP contribution is 2.50. The van der Waals surface area contributed by atoms with Gasteiger partial charge in [0, 0.05) is 5.41 Å². The molecule has 33 heavy (non-hydrogen) atoms. The van der Waals surface area contributed by atoms with Gasteiger partial charge < -0.3 is 10.2 Å². The Bertz CT molecular complexity index is 873. The largest absolute Gasteiger partial charge is 0.508 e. The number of hydrogen-bond acceptors (Lipinski definition) is 2. The SMILES string of the molecule is CC(C)(C)c1cc(O)cc(C(C)(C)C)c1C(C)(C)c1c(C(C)(C)C)cc(O)cc1C(C)(C)C. The molecule has 0 spiro atoms. The van der Waals surface area contributed by atoms with Crippen molar-refractivity contribution in [3.8, 4) is 11.5 Å². The summed E-state index contributed by atoms with van der Waals surface area (Å²) in [4.78, 5) is 0. The second-order valence-corrected chi connectivity index (χ2v) is 14.5. The van der Waals surface area contributed by atoms with Crippen LogP contribution in [0.1, 0.15) is 130 Å². The van der Waals surface area contributed by atoms with Crippen molar-refractivity contribution in [3.05, 3.63) is 57.6 Å². The average molecular weight is 453 g/mol. The first kappa shape index (κ1) is 27.3. The smallest absolute Gasteiger partial charge is 0.116 e. The van der Waals surface area contributed by atoms with Gasteiger partial charge in [0.25, 0.3) is 0 Å². The minimum Gasteiger partial charge on any atom is -0.508 e. The molecule has 2 aromatic rings. The lowest BCUT2D eigenvalue weighted by atomic mass is 9.61. The summed E-state index contributed by atoms with van der Waals surface area (Å²) in [5, 5.41) is 21.5. The van der Waals surface area contributed by atoms with Gasteiger partial charge in [0.2, 0.25) is 0 Å². The Balaban J connectivity index is 3.21. The summed E-state index contributed by atoms with van der Waals surface area (Å²) in [5.41, 5.74) is 6.29. The minimum atomic E-state index is -0.363. The van der Waals surface area contributed by atoms with Crippen molar-refractivity contribution in [3.63, 3.8) is 0 Å². The summed E-state index contributed by atoms with van der Waals surface area (Å²) in [5.74, 6) is 0.643. The van der Waals surface area contributed by atoms with E-state index in [-0.39, 0.29) is 27.1 Å². The van der Waals surface area contributed by atoms with Crippen LogP contribution < -0.4 is 0 Å². The van der Waals surface area contributed by atoms with Gasteiger partial charge in [-0.1, -0.05) is 96.9 Å². The maximum absolute atomic E-state index is 10.8. The molecule has 2 N–H and O–H groups in total. The fraction of sp³-hybridized carbons (Fsp3) is 0.613. The molecule has 0 heterocycles. The molecule has 184 valence electrons. The van der Waals surface area contributed by atoms with E-state index in [0.29, 0.717) is 11.5 Å². The van der Waals surface area contributed by atoms with Crippen LogP contribution in [0.15, 0.2) is 24.3 Å². The lowest BCUT2D eigenvalue weighted by Gasteiger charge is -2.43. The molecule has 0 radical (unpaired) electrons. The summed E-state index contributed by atoms with van der Waals surface area (Å²) in [6.45, 7) is 31.3. The molecule has 0 fully saturated rings. The third kappa shape index (κ3) is 5.42. The molecule has 2 rings (SSSR count). The van der Waals surface area contributed by atoms with E-state index < -0.39 is 0 Å². The fourth-order valence-corrected chi connectivity index (χ4v) is 5.09. The molecule has 0 atom stereocenters. The van der Waals surface area contributed by atoms with E-state index in [0.717, 1.165) is 0 Å². The zero-order valence-corrected chi connectivity index (χ0v) is 23.7. The normalized spacial score (nSPS) is 14.0. The Kier molecular flexibility index (Phi) is 6.67. The van der Waals surface area contributed by atoms with Crippen molar-refractivity contribution in [2.45, 2.75) is 124 Å². The average Bonchev–Trinajstić information content (AvgIpc) is 2.56. The van der Waals surface area contributed by atoms with Crippen molar-refractivity contribution >= 4 is 0 Å². The third-order valence-corrected chi connectivity index (χ3v) is 6.73. The topological polar surface area (TPSA) is 40.5 Å². The highest BCUT2D eigenvalue weighted by Gasteiger charge is 2.41. The first-order valence-electron chi connectivity index (χ1n) is 12.3. The zero-order chi connectivity index (χ0) is 25.9. The standard InChI is InChI=1S/C31H48O2/c1-27(2,3)21-15-19(32)16-22(28(4,5)6)25(21)31(13,14)26-23(29(7,8)9)17-20(33)18-24(26)30(10,11)12/h15-18,32-33H,1-14H3. The van der Waals surface area contributed by atoms with Crippen LogP contribution in [-0.4, -0.2) is 10.2 Å². The van der Waals surface area contributed by atoms with E-state index in [1.54, 1.807) is 0 Å². The molecular weight excluding hydrogens is 404 g/mol. The van der Waals surface area contributed by atoms with E-state index in [9.17, 15) is 10.2 Å². The van der Waals surface area contributed by atoms with Gasteiger partial charge in [0.1, 0.15) is 11.5 Å². The highest BCUT2D eigenvalue weighted by molar-refractivity contribution is 5.60. The van der Waals surface area contributed by atoms with Crippen molar-refractivity contribution < 1.29 is 10.2 Å². The molecule has 0 aliphatic carbocycles. The van der Waals surface area contributed by atoms with Gasteiger partial charge in [-0.3, -0.25) is 0 Å². The Labute approximate surface area is 203 Å². The van der Waals surface area contributed by atoms with Crippen LogP contribution in [0, 0.1) is 0 Å². The maximum atomic E-state index is 10.8. The van der Waals surface area contributed by atoms with Crippen molar-refractivity contribution in [1.29, 1.82) is 0 Å². The van der Waals surface area contributed by atoms with Crippen LogP contribution in [-0.2, 0) is 27.1 Å². The summed E-state index contributed by atoms with van der Waals surface area (Å²) in [6.07, 6.45) is 0. The number of phenolic OH excluding ortho intramolecular Hbond substituents is 2. The molecule has 0 saturated carbocycles. The first-order chi connectivity index (χ1) is 14.5. The Morgan fingerprint density at radius 1 is 0.394 bits per heavy atom. The molecule has 0 aliphatic rings. The lowest BCUT2D eigenvalue weighted by Crippen LogP contribution is -2.35. The van der Waals surface area contributed by atoms with E-state index in [4.69, 9.17) is 0 Å². The van der Waals surface area contributed by atoms with Crippen LogP contribution in [0.25, 0.3) is 0 Å². The summed E-state index contributed by atoms with van der Waals surface area (Å²) < 4.78 is 0. The Morgan fingerprint density at radius 2 is 0.576 bits per heavy atom. The predicted molar refractivity (Wildman–Crippen MR) is 143 cm³/mol. The second kappa shape index (κ2) is 8.07. The third-order valence-electron chi connectivity index (χ3n) is 6.73. The van der Waals surface area contributed by atoms with Gasteiger partial charge in [-0.05, 0) is 79.3 Å². The number of hydrogen-bond donors (Lipinski definition) is 2. The van der Waals surface area contributed by atoms with Crippen LogP contribution >= 0.6 is 0 Å². The van der Waals surface area contributed by atoms with E-state index in [2.05, 4.69) is 96.9 Å². The van der Waals surface area contributed by atoms with E-state index >= 15 is 0 Å². The molecule has 2 aromatic carbocycles. The number of aromatic hydroxyl groups is 2. The fourth-order valence-electron chi connectivity index (χ4n) is 5.09. The lowest BCUT2D eigenvalue weighted by molar-refractivity contribution is 0.446.